The average Bonchev–Trinajstić information content (AvgIpc) is 3.53. The van der Waals surface area contributed by atoms with Crippen molar-refractivity contribution in [1.82, 2.24) is 9.29 Å². The van der Waals surface area contributed by atoms with Gasteiger partial charge in [-0.2, -0.15) is 4.31 Å². The number of benzene rings is 1. The van der Waals surface area contributed by atoms with Gasteiger partial charge in [-0.1, -0.05) is 18.2 Å². The van der Waals surface area contributed by atoms with Crippen LogP contribution in [-0.4, -0.2) is 44.6 Å². The highest BCUT2D eigenvalue weighted by Crippen LogP contribution is 2.31. The predicted molar refractivity (Wildman–Crippen MR) is 122 cm³/mol. The molecular formula is C23H26N2O5S2. The molecule has 0 unspecified atom stereocenters. The molecule has 170 valence electrons. The minimum atomic E-state index is -3.67. The van der Waals surface area contributed by atoms with Gasteiger partial charge >= 0.3 is 0 Å². The molecule has 7 nitrogen and oxygen atoms in total. The molecule has 2 aromatic heterocycles. The molecule has 1 fully saturated rings. The largest absolute Gasteiger partial charge is 0.493 e. The van der Waals surface area contributed by atoms with Crippen molar-refractivity contribution in [1.29, 1.82) is 0 Å². The quantitative estimate of drug-likeness (QED) is 0.443. The summed E-state index contributed by atoms with van der Waals surface area (Å²) in [6, 6.07) is 12.6. The van der Waals surface area contributed by atoms with Crippen LogP contribution in [0.15, 0.2) is 64.4 Å². The van der Waals surface area contributed by atoms with Crippen LogP contribution in [0.4, 0.5) is 0 Å². The van der Waals surface area contributed by atoms with Crippen LogP contribution in [0.25, 0.3) is 0 Å². The van der Waals surface area contributed by atoms with Crippen LogP contribution in [0.1, 0.15) is 17.5 Å². The topological polar surface area (TPSA) is 78.0 Å². The fourth-order valence-corrected chi connectivity index (χ4v) is 6.08. The lowest BCUT2D eigenvalue weighted by molar-refractivity contribution is 0.165. The highest BCUT2D eigenvalue weighted by Gasteiger charge is 2.26. The first-order valence-electron chi connectivity index (χ1n) is 10.4. The zero-order chi connectivity index (χ0) is 22.4. The van der Waals surface area contributed by atoms with Gasteiger partial charge in [0, 0.05) is 38.0 Å². The van der Waals surface area contributed by atoms with Crippen LogP contribution in [0.2, 0.25) is 0 Å². The van der Waals surface area contributed by atoms with E-state index >= 15 is 0 Å². The maximum Gasteiger partial charge on any atom is 0.253 e. The predicted octanol–water partition coefficient (Wildman–Crippen LogP) is 3.96. The van der Waals surface area contributed by atoms with E-state index in [-0.39, 0.29) is 13.1 Å². The number of aromatic nitrogens is 1. The Labute approximate surface area is 192 Å². The van der Waals surface area contributed by atoms with E-state index in [1.807, 2.05) is 24.3 Å². The van der Waals surface area contributed by atoms with Crippen LogP contribution < -0.4 is 9.47 Å². The molecule has 1 aliphatic heterocycles. The molecule has 1 saturated heterocycles. The summed E-state index contributed by atoms with van der Waals surface area (Å²) < 4.78 is 45.4. The summed E-state index contributed by atoms with van der Waals surface area (Å²) in [7, 11) is -2.08. The Kier molecular flexibility index (Phi) is 7.41. The van der Waals surface area contributed by atoms with Crippen molar-refractivity contribution < 1.29 is 22.6 Å². The number of rotatable bonds is 10. The van der Waals surface area contributed by atoms with E-state index in [2.05, 4.69) is 4.98 Å². The number of ether oxygens (including phenoxy) is 3. The van der Waals surface area contributed by atoms with Gasteiger partial charge in [0.15, 0.2) is 11.5 Å². The molecule has 3 aromatic rings. The van der Waals surface area contributed by atoms with Gasteiger partial charge in [-0.3, -0.25) is 4.98 Å². The van der Waals surface area contributed by atoms with E-state index in [1.165, 1.54) is 15.6 Å². The summed E-state index contributed by atoms with van der Waals surface area (Å²) in [5, 5.41) is 1.77. The van der Waals surface area contributed by atoms with E-state index in [4.69, 9.17) is 14.2 Å². The molecule has 3 heterocycles. The van der Waals surface area contributed by atoms with Crippen molar-refractivity contribution in [2.45, 2.75) is 23.7 Å². The van der Waals surface area contributed by atoms with E-state index in [0.717, 1.165) is 24.2 Å². The Hall–Kier alpha value is -2.46. The Morgan fingerprint density at radius 1 is 1.16 bits per heavy atom. The maximum atomic E-state index is 13.4. The fraction of sp³-hybridized carbons (Fsp3) is 0.348. The second kappa shape index (κ2) is 10.4. The SMILES string of the molecule is COc1ccc(CN(Cc2cccnc2)S(=O)(=O)c2cccs2)cc1OC[C@@H]1CCOC1. The molecule has 0 bridgehead atoms. The number of hydrogen-bond donors (Lipinski definition) is 0. The molecule has 4 rings (SSSR count). The zero-order valence-electron chi connectivity index (χ0n) is 17.8. The highest BCUT2D eigenvalue weighted by molar-refractivity contribution is 7.91. The maximum absolute atomic E-state index is 13.4. The number of methoxy groups -OCH3 is 1. The normalized spacial score (nSPS) is 16.4. The third-order valence-corrected chi connectivity index (χ3v) is 8.42. The lowest BCUT2D eigenvalue weighted by Crippen LogP contribution is -2.29. The summed E-state index contributed by atoms with van der Waals surface area (Å²) in [6.07, 6.45) is 4.33. The van der Waals surface area contributed by atoms with Crippen molar-refractivity contribution in [2.24, 2.45) is 5.92 Å². The lowest BCUT2D eigenvalue weighted by Gasteiger charge is -2.22. The summed E-state index contributed by atoms with van der Waals surface area (Å²) in [5.74, 6) is 1.57. The first-order chi connectivity index (χ1) is 15.6. The first kappa shape index (κ1) is 22.7. The zero-order valence-corrected chi connectivity index (χ0v) is 19.5. The first-order valence-corrected chi connectivity index (χ1v) is 12.7. The second-order valence-electron chi connectivity index (χ2n) is 7.59. The van der Waals surface area contributed by atoms with Crippen molar-refractivity contribution in [3.05, 3.63) is 71.4 Å². The fourth-order valence-electron chi connectivity index (χ4n) is 3.52. The molecular weight excluding hydrogens is 448 g/mol. The molecule has 1 aromatic carbocycles. The lowest BCUT2D eigenvalue weighted by atomic mass is 10.1. The van der Waals surface area contributed by atoms with Crippen molar-refractivity contribution >= 4 is 21.4 Å². The minimum Gasteiger partial charge on any atom is -0.493 e. The van der Waals surface area contributed by atoms with Gasteiger partial charge in [-0.25, -0.2) is 8.42 Å². The molecule has 0 N–H and O–H groups in total. The summed E-state index contributed by atoms with van der Waals surface area (Å²) in [4.78, 5) is 4.12. The monoisotopic (exact) mass is 474 g/mol. The minimum absolute atomic E-state index is 0.196. The van der Waals surface area contributed by atoms with Crippen LogP contribution in [0, 0.1) is 5.92 Å². The number of thiophene rings is 1. The highest BCUT2D eigenvalue weighted by atomic mass is 32.2. The molecule has 1 atom stereocenters. The Morgan fingerprint density at radius 2 is 2.03 bits per heavy atom. The summed E-state index contributed by atoms with van der Waals surface area (Å²) >= 11 is 1.21. The van der Waals surface area contributed by atoms with Crippen LogP contribution >= 0.6 is 11.3 Å². The van der Waals surface area contributed by atoms with E-state index in [1.54, 1.807) is 43.1 Å². The van der Waals surface area contributed by atoms with Gasteiger partial charge in [0.2, 0.25) is 0 Å². The van der Waals surface area contributed by atoms with E-state index < -0.39 is 10.0 Å². The van der Waals surface area contributed by atoms with Crippen LogP contribution in [-0.2, 0) is 27.8 Å². The van der Waals surface area contributed by atoms with Gasteiger partial charge in [-0.05, 0) is 47.2 Å². The molecule has 9 heteroatoms. The number of hydrogen-bond acceptors (Lipinski definition) is 7. The number of pyridine rings is 1. The van der Waals surface area contributed by atoms with Crippen LogP contribution in [0.3, 0.4) is 0 Å². The molecule has 32 heavy (non-hydrogen) atoms. The third-order valence-electron chi connectivity index (χ3n) is 5.26. The molecule has 0 aliphatic carbocycles. The van der Waals surface area contributed by atoms with Crippen molar-refractivity contribution in [3.8, 4) is 11.5 Å². The van der Waals surface area contributed by atoms with Gasteiger partial charge in [0.1, 0.15) is 4.21 Å². The second-order valence-corrected chi connectivity index (χ2v) is 10.7. The average molecular weight is 475 g/mol. The van der Waals surface area contributed by atoms with Gasteiger partial charge in [0.05, 0.1) is 20.3 Å². The van der Waals surface area contributed by atoms with Crippen molar-refractivity contribution in [3.63, 3.8) is 0 Å². The Balaban J connectivity index is 1.58. The molecule has 0 radical (unpaired) electrons. The molecule has 0 saturated carbocycles. The van der Waals surface area contributed by atoms with E-state index in [0.29, 0.717) is 34.8 Å². The molecule has 0 amide bonds. The van der Waals surface area contributed by atoms with Gasteiger partial charge in [-0.15, -0.1) is 11.3 Å². The summed E-state index contributed by atoms with van der Waals surface area (Å²) in [6.45, 7) is 2.40. The van der Waals surface area contributed by atoms with Gasteiger partial charge < -0.3 is 14.2 Å². The van der Waals surface area contributed by atoms with Crippen molar-refractivity contribution in [2.75, 3.05) is 26.9 Å². The van der Waals surface area contributed by atoms with Gasteiger partial charge in [0.25, 0.3) is 10.0 Å². The van der Waals surface area contributed by atoms with E-state index in [9.17, 15) is 8.42 Å². The molecule has 1 aliphatic rings. The number of sulfonamides is 1. The Bertz CT molecular complexity index is 1100. The van der Waals surface area contributed by atoms with Crippen LogP contribution in [0.5, 0.6) is 11.5 Å². The smallest absolute Gasteiger partial charge is 0.253 e. The Morgan fingerprint density at radius 3 is 2.72 bits per heavy atom. The number of nitrogens with zero attached hydrogens (tertiary/aromatic N) is 2. The third kappa shape index (κ3) is 5.47. The molecule has 0 spiro atoms. The standard InChI is InChI=1S/C23H26N2O5S2/c1-28-21-7-6-18(12-22(21)30-17-20-8-10-29-16-20)14-25(15-19-4-2-9-24-13-19)32(26,27)23-5-3-11-31-23/h2-7,9,11-13,20H,8,10,14-17H2,1H3/t20-/m1/s1. The summed E-state index contributed by atoms with van der Waals surface area (Å²) in [5.41, 5.74) is 1.63.